The second-order valence-corrected chi connectivity index (χ2v) is 7.13. The predicted octanol–water partition coefficient (Wildman–Crippen LogP) is 3.43. The highest BCUT2D eigenvalue weighted by atomic mass is 79.9. The van der Waals surface area contributed by atoms with Gasteiger partial charge in [0.25, 0.3) is 5.91 Å². The molecular weight excluding hydrogens is 358 g/mol. The number of halogens is 2. The lowest BCUT2D eigenvalue weighted by molar-refractivity contribution is -0.149. The van der Waals surface area contributed by atoms with Crippen molar-refractivity contribution < 1.29 is 14.7 Å². The Morgan fingerprint density at radius 2 is 2.19 bits per heavy atom. The number of benzene rings is 1. The molecule has 2 atom stereocenters. The van der Waals surface area contributed by atoms with E-state index < -0.39 is 11.4 Å². The molecule has 4 nitrogen and oxygen atoms in total. The van der Waals surface area contributed by atoms with Gasteiger partial charge in [0.1, 0.15) is 0 Å². The molecule has 0 radical (unpaired) electrons. The van der Waals surface area contributed by atoms with Gasteiger partial charge >= 0.3 is 5.97 Å². The van der Waals surface area contributed by atoms with Crippen molar-refractivity contribution >= 4 is 39.4 Å². The number of amides is 1. The number of fused-ring (bicyclic) bond motifs is 1. The first-order chi connectivity index (χ1) is 9.94. The second-order valence-electron chi connectivity index (χ2n) is 5.87. The topological polar surface area (TPSA) is 57.6 Å². The maximum atomic E-state index is 12.6. The molecule has 0 aromatic heterocycles. The zero-order valence-electron chi connectivity index (χ0n) is 11.3. The van der Waals surface area contributed by atoms with Gasteiger partial charge in [0.2, 0.25) is 0 Å². The van der Waals surface area contributed by atoms with E-state index in [-0.39, 0.29) is 11.8 Å². The third-order valence-corrected chi connectivity index (χ3v) is 5.98. The van der Waals surface area contributed by atoms with Gasteiger partial charge in [-0.1, -0.05) is 18.0 Å². The van der Waals surface area contributed by atoms with Crippen molar-refractivity contribution in [3.8, 4) is 0 Å². The molecule has 3 rings (SSSR count). The summed E-state index contributed by atoms with van der Waals surface area (Å²) in [6.45, 7) is 0.832. The van der Waals surface area contributed by atoms with Gasteiger partial charge in [0.05, 0.1) is 10.4 Å². The van der Waals surface area contributed by atoms with Crippen LogP contribution in [-0.2, 0) is 4.79 Å². The molecule has 2 fully saturated rings. The lowest BCUT2D eigenvalue weighted by Crippen LogP contribution is -2.37. The molecule has 1 saturated heterocycles. The molecule has 1 N–H and O–H groups in total. The molecular formula is C15H15BrClNO3. The quantitative estimate of drug-likeness (QED) is 0.865. The van der Waals surface area contributed by atoms with E-state index in [2.05, 4.69) is 15.9 Å². The lowest BCUT2D eigenvalue weighted by atomic mass is 9.81. The standard InChI is InChI=1S/C15H15BrClNO3/c16-11-4-3-9(6-12(11)17)13(19)18-7-10-2-1-5-15(10,8-18)14(20)21/h3-4,6,10H,1-2,5,7-8H2,(H,20,21)/t10-,15+/m0/s1. The molecule has 2 aliphatic rings. The van der Waals surface area contributed by atoms with Crippen LogP contribution in [0.3, 0.4) is 0 Å². The van der Waals surface area contributed by atoms with Gasteiger partial charge in [0, 0.05) is 23.1 Å². The van der Waals surface area contributed by atoms with E-state index in [4.69, 9.17) is 11.6 Å². The number of carboxylic acid groups (broad SMARTS) is 1. The van der Waals surface area contributed by atoms with Gasteiger partial charge in [-0.05, 0) is 52.9 Å². The van der Waals surface area contributed by atoms with Crippen LogP contribution < -0.4 is 0 Å². The average Bonchev–Trinajstić information content (AvgIpc) is 2.98. The molecule has 112 valence electrons. The van der Waals surface area contributed by atoms with Crippen molar-refractivity contribution in [3.05, 3.63) is 33.3 Å². The van der Waals surface area contributed by atoms with Crippen molar-refractivity contribution in [2.45, 2.75) is 19.3 Å². The zero-order chi connectivity index (χ0) is 15.2. The Morgan fingerprint density at radius 3 is 2.81 bits per heavy atom. The smallest absolute Gasteiger partial charge is 0.311 e. The molecule has 0 bridgehead atoms. The van der Waals surface area contributed by atoms with Crippen molar-refractivity contribution in [3.63, 3.8) is 0 Å². The summed E-state index contributed by atoms with van der Waals surface area (Å²) in [6, 6.07) is 5.06. The average molecular weight is 373 g/mol. The predicted molar refractivity (Wildman–Crippen MR) is 82.5 cm³/mol. The molecule has 1 heterocycles. The number of carbonyl (C=O) groups is 2. The summed E-state index contributed by atoms with van der Waals surface area (Å²) in [6.07, 6.45) is 2.48. The monoisotopic (exact) mass is 371 g/mol. The summed E-state index contributed by atoms with van der Waals surface area (Å²) >= 11 is 9.32. The lowest BCUT2D eigenvalue weighted by Gasteiger charge is -2.23. The molecule has 21 heavy (non-hydrogen) atoms. The Hall–Kier alpha value is -1.07. The first kappa shape index (κ1) is 14.9. The highest BCUT2D eigenvalue weighted by Crippen LogP contribution is 2.49. The third-order valence-electron chi connectivity index (χ3n) is 4.75. The van der Waals surface area contributed by atoms with Crippen LogP contribution >= 0.6 is 27.5 Å². The number of hydrogen-bond donors (Lipinski definition) is 1. The molecule has 1 aliphatic heterocycles. The fraction of sp³-hybridized carbons (Fsp3) is 0.467. The molecule has 1 aromatic rings. The van der Waals surface area contributed by atoms with Crippen LogP contribution in [0.2, 0.25) is 5.02 Å². The van der Waals surface area contributed by atoms with Gasteiger partial charge in [-0.15, -0.1) is 0 Å². The van der Waals surface area contributed by atoms with E-state index in [1.165, 1.54) is 0 Å². The molecule has 1 saturated carbocycles. The van der Waals surface area contributed by atoms with Crippen LogP contribution in [0.15, 0.2) is 22.7 Å². The van der Waals surface area contributed by atoms with Crippen LogP contribution in [0.1, 0.15) is 29.6 Å². The van der Waals surface area contributed by atoms with Crippen molar-refractivity contribution in [2.75, 3.05) is 13.1 Å². The minimum Gasteiger partial charge on any atom is -0.481 e. The Morgan fingerprint density at radius 1 is 1.43 bits per heavy atom. The summed E-state index contributed by atoms with van der Waals surface area (Å²) < 4.78 is 0.737. The van der Waals surface area contributed by atoms with Crippen LogP contribution in [-0.4, -0.2) is 35.0 Å². The second kappa shape index (κ2) is 5.29. The van der Waals surface area contributed by atoms with Crippen LogP contribution in [0.5, 0.6) is 0 Å². The summed E-state index contributed by atoms with van der Waals surface area (Å²) in [5.74, 6) is -0.835. The number of aliphatic carboxylic acids is 1. The Bertz CT molecular complexity index is 621. The molecule has 0 spiro atoms. The molecule has 1 aliphatic carbocycles. The number of nitrogens with zero attached hydrogens (tertiary/aromatic N) is 1. The largest absolute Gasteiger partial charge is 0.481 e. The Kier molecular flexibility index (Phi) is 3.74. The highest BCUT2D eigenvalue weighted by molar-refractivity contribution is 9.10. The van der Waals surface area contributed by atoms with Crippen molar-refractivity contribution in [2.24, 2.45) is 11.3 Å². The van der Waals surface area contributed by atoms with Gasteiger partial charge in [-0.25, -0.2) is 0 Å². The highest BCUT2D eigenvalue weighted by Gasteiger charge is 2.55. The zero-order valence-corrected chi connectivity index (χ0v) is 13.7. The maximum Gasteiger partial charge on any atom is 0.311 e. The minimum absolute atomic E-state index is 0.0740. The number of likely N-dealkylation sites (tertiary alicyclic amines) is 1. The van der Waals surface area contributed by atoms with Crippen LogP contribution in [0, 0.1) is 11.3 Å². The van der Waals surface area contributed by atoms with Gasteiger partial charge < -0.3 is 10.0 Å². The maximum absolute atomic E-state index is 12.6. The number of carbonyl (C=O) groups excluding carboxylic acids is 1. The van der Waals surface area contributed by atoms with Gasteiger partial charge in [-0.3, -0.25) is 9.59 Å². The molecule has 6 heteroatoms. The van der Waals surface area contributed by atoms with Crippen molar-refractivity contribution in [1.82, 2.24) is 4.90 Å². The van der Waals surface area contributed by atoms with Gasteiger partial charge in [0.15, 0.2) is 0 Å². The van der Waals surface area contributed by atoms with E-state index >= 15 is 0 Å². The van der Waals surface area contributed by atoms with Gasteiger partial charge in [-0.2, -0.15) is 0 Å². The molecule has 1 amide bonds. The number of carboxylic acids is 1. The minimum atomic E-state index is -0.769. The fourth-order valence-electron chi connectivity index (χ4n) is 3.61. The third kappa shape index (κ3) is 2.36. The van der Waals surface area contributed by atoms with Crippen molar-refractivity contribution in [1.29, 1.82) is 0 Å². The van der Waals surface area contributed by atoms with E-state index in [0.29, 0.717) is 30.1 Å². The first-order valence-electron chi connectivity index (χ1n) is 6.92. The van der Waals surface area contributed by atoms with E-state index in [0.717, 1.165) is 17.3 Å². The van der Waals surface area contributed by atoms with Crippen LogP contribution in [0.25, 0.3) is 0 Å². The Balaban J connectivity index is 1.84. The summed E-state index contributed by atoms with van der Waals surface area (Å²) in [7, 11) is 0. The number of hydrogen-bond acceptors (Lipinski definition) is 2. The van der Waals surface area contributed by atoms with E-state index in [9.17, 15) is 14.7 Å². The first-order valence-corrected chi connectivity index (χ1v) is 8.09. The SMILES string of the molecule is O=C(c1ccc(Br)c(Cl)c1)N1C[C@@H]2CCC[C@@]2(C(=O)O)C1. The normalized spacial score (nSPS) is 27.7. The molecule has 1 aromatic carbocycles. The van der Waals surface area contributed by atoms with E-state index in [1.54, 1.807) is 23.1 Å². The summed E-state index contributed by atoms with van der Waals surface area (Å²) in [4.78, 5) is 25.9. The number of rotatable bonds is 2. The Labute approximate surface area is 136 Å². The fourth-order valence-corrected chi connectivity index (χ4v) is 4.03. The van der Waals surface area contributed by atoms with Crippen LogP contribution in [0.4, 0.5) is 0 Å². The van der Waals surface area contributed by atoms with E-state index in [1.807, 2.05) is 0 Å². The summed E-state index contributed by atoms with van der Waals surface area (Å²) in [5, 5.41) is 10.0. The molecule has 0 unspecified atom stereocenters. The summed E-state index contributed by atoms with van der Waals surface area (Å²) in [5.41, 5.74) is -0.238.